The van der Waals surface area contributed by atoms with Crippen LogP contribution in [0.15, 0.2) is 131 Å². The van der Waals surface area contributed by atoms with Crippen molar-refractivity contribution >= 4 is 65.4 Å². The second-order valence-corrected chi connectivity index (χ2v) is 10.6. The molecular formula is C38H20O4. The van der Waals surface area contributed by atoms with Crippen LogP contribution >= 0.6 is 0 Å². The third kappa shape index (κ3) is 3.29. The first-order valence-electron chi connectivity index (χ1n) is 13.7. The Morgan fingerprint density at radius 3 is 1.52 bits per heavy atom. The zero-order valence-electron chi connectivity index (χ0n) is 22.2. The molecule has 0 atom stereocenters. The van der Waals surface area contributed by atoms with E-state index in [0.29, 0.717) is 27.6 Å². The number of hydrogen-bond acceptors (Lipinski definition) is 4. The van der Waals surface area contributed by atoms with Gasteiger partial charge in [0.05, 0.1) is 0 Å². The molecule has 4 nitrogen and oxygen atoms in total. The van der Waals surface area contributed by atoms with Crippen molar-refractivity contribution in [3.8, 4) is 0 Å². The van der Waals surface area contributed by atoms with Gasteiger partial charge in [-0.1, -0.05) is 103 Å². The molecule has 8 aromatic carbocycles. The van der Waals surface area contributed by atoms with Crippen LogP contribution in [0.1, 0.15) is 31.8 Å². The molecule has 4 heteroatoms. The molecule has 0 heterocycles. The van der Waals surface area contributed by atoms with Gasteiger partial charge in [-0.05, 0) is 61.3 Å². The lowest BCUT2D eigenvalue weighted by molar-refractivity contribution is 0.0979. The fourth-order valence-electron chi connectivity index (χ4n) is 6.51. The predicted molar refractivity (Wildman–Crippen MR) is 169 cm³/mol. The summed E-state index contributed by atoms with van der Waals surface area (Å²) in [5, 5.41) is 9.92. The van der Waals surface area contributed by atoms with Gasteiger partial charge in [0.25, 0.3) is 0 Å². The van der Waals surface area contributed by atoms with Crippen molar-refractivity contribution in [3.05, 3.63) is 164 Å². The first-order valence-corrected chi connectivity index (χ1v) is 13.7. The number of carbonyl (C=O) groups is 2. The van der Waals surface area contributed by atoms with Gasteiger partial charge in [-0.3, -0.25) is 19.2 Å². The van der Waals surface area contributed by atoms with Crippen molar-refractivity contribution in [2.45, 2.75) is 0 Å². The zero-order chi connectivity index (χ0) is 28.5. The van der Waals surface area contributed by atoms with Gasteiger partial charge in [-0.25, -0.2) is 0 Å². The van der Waals surface area contributed by atoms with Crippen molar-refractivity contribution in [3.63, 3.8) is 0 Å². The molecule has 0 saturated heterocycles. The van der Waals surface area contributed by atoms with Crippen LogP contribution in [0.4, 0.5) is 0 Å². The van der Waals surface area contributed by atoms with Crippen molar-refractivity contribution in [1.29, 1.82) is 0 Å². The summed E-state index contributed by atoms with van der Waals surface area (Å²) < 4.78 is 0. The minimum atomic E-state index is -0.448. The smallest absolute Gasteiger partial charge is 0.234 e. The first-order chi connectivity index (χ1) is 20.5. The monoisotopic (exact) mass is 540 g/mol. The maximum atomic E-state index is 12.9. The Kier molecular flexibility index (Phi) is 5.09. The summed E-state index contributed by atoms with van der Waals surface area (Å²) in [7, 11) is 0. The third-order valence-electron chi connectivity index (χ3n) is 8.36. The van der Waals surface area contributed by atoms with E-state index in [2.05, 4.69) is 30.3 Å². The summed E-state index contributed by atoms with van der Waals surface area (Å²) in [6.45, 7) is 0. The molecule has 0 bridgehead atoms. The van der Waals surface area contributed by atoms with Crippen LogP contribution in [-0.4, -0.2) is 11.6 Å². The molecule has 0 spiro atoms. The summed E-state index contributed by atoms with van der Waals surface area (Å²) in [5.41, 5.74) is 1.16. The molecule has 1 aliphatic carbocycles. The van der Waals surface area contributed by atoms with E-state index in [4.69, 9.17) is 0 Å². The molecule has 0 saturated carbocycles. The van der Waals surface area contributed by atoms with Gasteiger partial charge in [-0.15, -0.1) is 0 Å². The molecule has 9 rings (SSSR count). The lowest BCUT2D eigenvalue weighted by atomic mass is 9.84. The number of hydrogen-bond donors (Lipinski definition) is 0. The van der Waals surface area contributed by atoms with E-state index in [1.54, 1.807) is 54.6 Å². The van der Waals surface area contributed by atoms with E-state index in [9.17, 15) is 19.2 Å². The maximum Gasteiger partial charge on any atom is 0.234 e. The molecule has 196 valence electrons. The summed E-state index contributed by atoms with van der Waals surface area (Å²) in [6, 6.07) is 37.7. The Hall–Kier alpha value is -5.74. The molecule has 0 aliphatic heterocycles. The highest BCUT2D eigenvalue weighted by Gasteiger charge is 2.28. The van der Waals surface area contributed by atoms with Crippen molar-refractivity contribution in [2.24, 2.45) is 0 Å². The second kappa shape index (κ2) is 8.88. The van der Waals surface area contributed by atoms with Gasteiger partial charge in [0.1, 0.15) is 0 Å². The second-order valence-electron chi connectivity index (χ2n) is 10.6. The Morgan fingerprint density at radius 1 is 0.333 bits per heavy atom. The molecule has 0 radical (unpaired) electrons. The average molecular weight is 541 g/mol. The van der Waals surface area contributed by atoms with Crippen molar-refractivity contribution in [2.75, 3.05) is 0 Å². The highest BCUT2D eigenvalue weighted by atomic mass is 16.2. The van der Waals surface area contributed by atoms with E-state index in [0.717, 1.165) is 48.5 Å². The molecule has 42 heavy (non-hydrogen) atoms. The van der Waals surface area contributed by atoms with Gasteiger partial charge in [0.15, 0.2) is 11.6 Å². The van der Waals surface area contributed by atoms with E-state index in [-0.39, 0.29) is 11.6 Å². The van der Waals surface area contributed by atoms with Crippen LogP contribution in [0.5, 0.6) is 0 Å². The summed E-state index contributed by atoms with van der Waals surface area (Å²) >= 11 is 0. The van der Waals surface area contributed by atoms with Crippen LogP contribution < -0.4 is 10.9 Å². The first kappa shape index (κ1) is 24.1. The lowest BCUT2D eigenvalue weighted by Crippen LogP contribution is -2.22. The van der Waals surface area contributed by atoms with E-state index in [1.807, 2.05) is 30.3 Å². The number of carbonyl (C=O) groups excluding carboxylic acids is 2. The topological polar surface area (TPSA) is 68.3 Å². The molecular weight excluding hydrogens is 520 g/mol. The number of ketones is 2. The summed E-state index contributed by atoms with van der Waals surface area (Å²) in [4.78, 5) is 49.3. The van der Waals surface area contributed by atoms with Crippen LogP contribution in [0.2, 0.25) is 0 Å². The van der Waals surface area contributed by atoms with Crippen LogP contribution in [-0.2, 0) is 0 Å². The highest BCUT2D eigenvalue weighted by molar-refractivity contribution is 6.38. The number of rotatable bonds is 0. The Labute approximate surface area is 238 Å². The standard InChI is InChI=1S/C24H12O2.C14H8O2/c25-19-11-10-18-17-7-3-5-13-8-9-15-12-14-4-1-2-6-16(14)22(21(15)20(13)17)23(18)24(19)26;15-13-9-5-1-2-6-10(9)14(16)12-8-4-3-7-11(12)13/h1-12H;1-8H. The minimum absolute atomic E-state index is 0.0641. The molecule has 8 aromatic rings. The van der Waals surface area contributed by atoms with Crippen LogP contribution in [0, 0.1) is 0 Å². The number of benzene rings is 8. The molecule has 0 N–H and O–H groups in total. The SMILES string of the molecule is O=C1c2ccccc2C(=O)c2ccccc21.O=c1ccc2c3cccc4ccc5cc6ccccc6c(c2c1=O)c5c43. The lowest BCUT2D eigenvalue weighted by Gasteiger charge is -2.16. The normalized spacial score (nSPS) is 12.6. The van der Waals surface area contributed by atoms with Crippen LogP contribution in [0.25, 0.3) is 53.9 Å². The Balaban J connectivity index is 0.000000143. The van der Waals surface area contributed by atoms with Gasteiger partial charge in [0.2, 0.25) is 10.9 Å². The Bertz CT molecular complexity index is 2440. The minimum Gasteiger partial charge on any atom is -0.289 e. The molecule has 0 unspecified atom stereocenters. The fourth-order valence-corrected chi connectivity index (χ4v) is 6.51. The highest BCUT2D eigenvalue weighted by Crippen LogP contribution is 2.42. The molecule has 1 aliphatic rings. The summed E-state index contributed by atoms with van der Waals surface area (Å²) in [5.74, 6) is -0.128. The van der Waals surface area contributed by atoms with Gasteiger partial charge >= 0.3 is 0 Å². The largest absolute Gasteiger partial charge is 0.289 e. The van der Waals surface area contributed by atoms with Gasteiger partial charge in [-0.2, -0.15) is 0 Å². The van der Waals surface area contributed by atoms with Gasteiger partial charge < -0.3 is 0 Å². The van der Waals surface area contributed by atoms with Crippen molar-refractivity contribution < 1.29 is 9.59 Å². The summed E-state index contributed by atoms with van der Waals surface area (Å²) in [6.07, 6.45) is 0. The third-order valence-corrected chi connectivity index (χ3v) is 8.36. The van der Waals surface area contributed by atoms with E-state index >= 15 is 0 Å². The average Bonchev–Trinajstić information content (AvgIpc) is 3.04. The quantitative estimate of drug-likeness (QED) is 0.113. The maximum absolute atomic E-state index is 12.9. The zero-order valence-corrected chi connectivity index (χ0v) is 22.2. The predicted octanol–water partition coefficient (Wildman–Crippen LogP) is 7.51. The van der Waals surface area contributed by atoms with Crippen molar-refractivity contribution in [1.82, 2.24) is 0 Å². The number of fused-ring (bicyclic) bond motifs is 7. The van der Waals surface area contributed by atoms with E-state index in [1.165, 1.54) is 6.07 Å². The van der Waals surface area contributed by atoms with E-state index < -0.39 is 10.9 Å². The van der Waals surface area contributed by atoms with Gasteiger partial charge in [0, 0.05) is 33.0 Å². The molecule has 0 fully saturated rings. The molecule has 0 aromatic heterocycles. The van der Waals surface area contributed by atoms with Crippen LogP contribution in [0.3, 0.4) is 0 Å². The molecule has 0 amide bonds. The Morgan fingerprint density at radius 2 is 0.857 bits per heavy atom. The fraction of sp³-hybridized carbons (Fsp3) is 0.